The quantitative estimate of drug-likeness (QED) is 0.864. The van der Waals surface area contributed by atoms with E-state index < -0.39 is 0 Å². The van der Waals surface area contributed by atoms with Crippen molar-refractivity contribution >= 4 is 17.5 Å². The van der Waals surface area contributed by atoms with Crippen molar-refractivity contribution in [2.24, 2.45) is 11.7 Å². The molecule has 20 heavy (non-hydrogen) atoms. The molecule has 0 radical (unpaired) electrons. The topological polar surface area (TPSA) is 84.1 Å². The van der Waals surface area contributed by atoms with Crippen molar-refractivity contribution in [2.75, 3.05) is 29.9 Å². The van der Waals surface area contributed by atoms with Crippen LogP contribution in [0.5, 0.6) is 0 Å². The van der Waals surface area contributed by atoms with Gasteiger partial charge in [-0.1, -0.05) is 0 Å². The van der Waals surface area contributed by atoms with Gasteiger partial charge in [0.25, 0.3) is 0 Å². The number of anilines is 2. The van der Waals surface area contributed by atoms with E-state index >= 15 is 0 Å². The highest BCUT2D eigenvalue weighted by atomic mass is 16.1. The van der Waals surface area contributed by atoms with E-state index in [9.17, 15) is 4.79 Å². The number of amides is 1. The highest BCUT2D eigenvalue weighted by Crippen LogP contribution is 2.27. The summed E-state index contributed by atoms with van der Waals surface area (Å²) >= 11 is 0. The molecule has 3 N–H and O–H groups in total. The minimum Gasteiger partial charge on any atom is -0.370 e. The molecule has 0 unspecified atom stereocenters. The van der Waals surface area contributed by atoms with Crippen LogP contribution in [0, 0.1) is 19.8 Å². The first-order valence-electron chi connectivity index (χ1n) is 7.16. The maximum Gasteiger partial charge on any atom is 0.220 e. The third-order valence-electron chi connectivity index (χ3n) is 3.77. The van der Waals surface area contributed by atoms with E-state index in [0.717, 1.165) is 55.5 Å². The molecule has 0 aliphatic carbocycles. The average molecular weight is 277 g/mol. The van der Waals surface area contributed by atoms with E-state index in [0.29, 0.717) is 0 Å². The first kappa shape index (κ1) is 14.6. The highest BCUT2D eigenvalue weighted by molar-refractivity contribution is 5.77. The molecular weight excluding hydrogens is 254 g/mol. The number of aryl methyl sites for hydroxylation is 1. The molecule has 6 heteroatoms. The third kappa shape index (κ3) is 3.00. The Labute approximate surface area is 119 Å². The summed E-state index contributed by atoms with van der Waals surface area (Å²) in [6.07, 6.45) is 1.60. The van der Waals surface area contributed by atoms with Gasteiger partial charge in [-0.15, -0.1) is 0 Å². The fourth-order valence-corrected chi connectivity index (χ4v) is 2.64. The van der Waals surface area contributed by atoms with Gasteiger partial charge in [0.05, 0.1) is 0 Å². The van der Waals surface area contributed by atoms with E-state index in [1.807, 2.05) is 13.8 Å². The lowest BCUT2D eigenvalue weighted by Crippen LogP contribution is -2.39. The molecule has 1 fully saturated rings. The van der Waals surface area contributed by atoms with Crippen molar-refractivity contribution < 1.29 is 4.79 Å². The molecule has 1 aromatic rings. The number of aromatic nitrogens is 2. The molecule has 1 aliphatic heterocycles. The normalized spacial score (nSPS) is 16.2. The van der Waals surface area contributed by atoms with E-state index in [4.69, 9.17) is 5.73 Å². The Morgan fingerprint density at radius 1 is 1.35 bits per heavy atom. The van der Waals surface area contributed by atoms with Gasteiger partial charge >= 0.3 is 0 Å². The van der Waals surface area contributed by atoms with Gasteiger partial charge < -0.3 is 16.0 Å². The number of nitrogens with zero attached hydrogens (tertiary/aromatic N) is 3. The van der Waals surface area contributed by atoms with Crippen molar-refractivity contribution in [1.82, 2.24) is 9.97 Å². The molecule has 0 aromatic carbocycles. The Bertz CT molecular complexity index is 495. The van der Waals surface area contributed by atoms with Crippen LogP contribution in [0.3, 0.4) is 0 Å². The molecule has 1 saturated heterocycles. The molecule has 0 bridgehead atoms. The minimum absolute atomic E-state index is 0.00253. The van der Waals surface area contributed by atoms with Gasteiger partial charge in [-0.05, 0) is 33.6 Å². The molecule has 0 spiro atoms. The van der Waals surface area contributed by atoms with Crippen LogP contribution in [-0.2, 0) is 4.79 Å². The van der Waals surface area contributed by atoms with Crippen LogP contribution in [0.15, 0.2) is 0 Å². The highest BCUT2D eigenvalue weighted by Gasteiger charge is 2.25. The van der Waals surface area contributed by atoms with Gasteiger partial charge in [0.1, 0.15) is 17.5 Å². The SMILES string of the molecule is CCNc1nc(C)nc(N2CCC(C(N)=O)CC2)c1C. The second-order valence-electron chi connectivity index (χ2n) is 5.26. The third-order valence-corrected chi connectivity index (χ3v) is 3.77. The Hall–Kier alpha value is -1.85. The lowest BCUT2D eigenvalue weighted by molar-refractivity contribution is -0.122. The van der Waals surface area contributed by atoms with E-state index in [2.05, 4.69) is 27.1 Å². The number of carbonyl (C=O) groups excluding carboxylic acids is 1. The molecule has 1 aromatic heterocycles. The second kappa shape index (κ2) is 6.07. The summed E-state index contributed by atoms with van der Waals surface area (Å²) in [4.78, 5) is 22.5. The summed E-state index contributed by atoms with van der Waals surface area (Å²) in [5.41, 5.74) is 6.44. The molecule has 6 nitrogen and oxygen atoms in total. The summed E-state index contributed by atoms with van der Waals surface area (Å²) in [6.45, 7) is 8.45. The Kier molecular flexibility index (Phi) is 4.42. The summed E-state index contributed by atoms with van der Waals surface area (Å²) < 4.78 is 0. The Balaban J connectivity index is 2.19. The molecular formula is C14H23N5O. The summed E-state index contributed by atoms with van der Waals surface area (Å²) in [6, 6.07) is 0. The zero-order valence-corrected chi connectivity index (χ0v) is 12.4. The van der Waals surface area contributed by atoms with Gasteiger partial charge in [-0.2, -0.15) is 0 Å². The van der Waals surface area contributed by atoms with Gasteiger partial charge in [0.15, 0.2) is 0 Å². The van der Waals surface area contributed by atoms with Crippen LogP contribution in [0.25, 0.3) is 0 Å². The van der Waals surface area contributed by atoms with Crippen molar-refractivity contribution in [3.8, 4) is 0 Å². The van der Waals surface area contributed by atoms with E-state index in [1.165, 1.54) is 0 Å². The van der Waals surface area contributed by atoms with Crippen molar-refractivity contribution in [3.63, 3.8) is 0 Å². The number of nitrogens with one attached hydrogen (secondary N) is 1. The smallest absolute Gasteiger partial charge is 0.220 e. The second-order valence-corrected chi connectivity index (χ2v) is 5.26. The largest absolute Gasteiger partial charge is 0.370 e. The Morgan fingerprint density at radius 3 is 2.55 bits per heavy atom. The fourth-order valence-electron chi connectivity index (χ4n) is 2.64. The molecule has 2 rings (SSSR count). The Morgan fingerprint density at radius 2 is 2.00 bits per heavy atom. The molecule has 1 amide bonds. The molecule has 110 valence electrons. The van der Waals surface area contributed by atoms with Crippen molar-refractivity contribution in [3.05, 3.63) is 11.4 Å². The van der Waals surface area contributed by atoms with E-state index in [-0.39, 0.29) is 11.8 Å². The lowest BCUT2D eigenvalue weighted by Gasteiger charge is -2.32. The molecule has 0 saturated carbocycles. The van der Waals surface area contributed by atoms with Crippen LogP contribution < -0.4 is 16.0 Å². The molecule has 0 atom stereocenters. The number of piperidine rings is 1. The summed E-state index contributed by atoms with van der Waals surface area (Å²) in [5.74, 6) is 2.44. The average Bonchev–Trinajstić information content (AvgIpc) is 2.43. The monoisotopic (exact) mass is 277 g/mol. The van der Waals surface area contributed by atoms with Gasteiger partial charge in [-0.3, -0.25) is 4.79 Å². The maximum atomic E-state index is 11.2. The van der Waals surface area contributed by atoms with Gasteiger partial charge in [0, 0.05) is 31.1 Å². The van der Waals surface area contributed by atoms with E-state index in [1.54, 1.807) is 0 Å². The van der Waals surface area contributed by atoms with Crippen LogP contribution in [0.1, 0.15) is 31.2 Å². The lowest BCUT2D eigenvalue weighted by atomic mass is 9.96. The maximum absolute atomic E-state index is 11.2. The zero-order valence-electron chi connectivity index (χ0n) is 12.4. The predicted molar refractivity (Wildman–Crippen MR) is 79.8 cm³/mol. The first-order valence-corrected chi connectivity index (χ1v) is 7.16. The number of hydrogen-bond donors (Lipinski definition) is 2. The molecule has 1 aliphatic rings. The van der Waals surface area contributed by atoms with Gasteiger partial charge in [0.2, 0.25) is 5.91 Å². The minimum atomic E-state index is -0.187. The number of hydrogen-bond acceptors (Lipinski definition) is 5. The number of rotatable bonds is 4. The fraction of sp³-hybridized carbons (Fsp3) is 0.643. The van der Waals surface area contributed by atoms with Crippen molar-refractivity contribution in [1.29, 1.82) is 0 Å². The van der Waals surface area contributed by atoms with Crippen molar-refractivity contribution in [2.45, 2.75) is 33.6 Å². The zero-order chi connectivity index (χ0) is 14.7. The summed E-state index contributed by atoms with van der Waals surface area (Å²) in [7, 11) is 0. The van der Waals surface area contributed by atoms with Crippen LogP contribution in [-0.4, -0.2) is 35.5 Å². The molecule has 2 heterocycles. The first-order chi connectivity index (χ1) is 9.52. The summed E-state index contributed by atoms with van der Waals surface area (Å²) in [5, 5.41) is 3.27. The number of primary amides is 1. The standard InChI is InChI=1S/C14H23N5O/c1-4-16-13-9(2)14(18-10(3)17-13)19-7-5-11(6-8-19)12(15)20/h11H,4-8H2,1-3H3,(H2,15,20)(H,16,17,18). The van der Waals surface area contributed by atoms with Crippen LogP contribution in [0.4, 0.5) is 11.6 Å². The number of nitrogens with two attached hydrogens (primary N) is 1. The van der Waals surface area contributed by atoms with Gasteiger partial charge in [-0.25, -0.2) is 9.97 Å². The van der Waals surface area contributed by atoms with Crippen LogP contribution >= 0.6 is 0 Å². The number of carbonyl (C=O) groups is 1. The van der Waals surface area contributed by atoms with Crippen LogP contribution in [0.2, 0.25) is 0 Å². The predicted octanol–water partition coefficient (Wildman–Crippen LogP) is 1.23.